The van der Waals surface area contributed by atoms with Gasteiger partial charge in [0.05, 0.1) is 6.61 Å². The lowest BCUT2D eigenvalue weighted by Gasteiger charge is -2.14. The van der Waals surface area contributed by atoms with E-state index in [1.165, 1.54) is 18.2 Å². The molecule has 1 N–H and O–H groups in total. The molecule has 2 aromatic rings. The van der Waals surface area contributed by atoms with E-state index in [-0.39, 0.29) is 27.8 Å². The molecule has 0 saturated heterocycles. The van der Waals surface area contributed by atoms with Crippen LogP contribution in [-0.2, 0) is 0 Å². The van der Waals surface area contributed by atoms with E-state index in [2.05, 4.69) is 15.9 Å². The summed E-state index contributed by atoms with van der Waals surface area (Å²) in [5.74, 6) is -1.40. The highest BCUT2D eigenvalue weighted by Gasteiger charge is 2.20. The van der Waals surface area contributed by atoms with Gasteiger partial charge in [0, 0.05) is 9.50 Å². The number of aromatic carboxylic acids is 1. The van der Waals surface area contributed by atoms with Crippen molar-refractivity contribution < 1.29 is 24.2 Å². The number of esters is 1. The van der Waals surface area contributed by atoms with Crippen LogP contribution >= 0.6 is 27.5 Å². The molecule has 0 aliphatic heterocycles. The number of hydrogen-bond acceptors (Lipinski definition) is 4. The van der Waals surface area contributed by atoms with Crippen LogP contribution in [0, 0.1) is 5.92 Å². The molecule has 0 heterocycles. The molecule has 0 fully saturated rings. The summed E-state index contributed by atoms with van der Waals surface area (Å²) in [5.41, 5.74) is 0.00168. The topological polar surface area (TPSA) is 72.8 Å². The van der Waals surface area contributed by atoms with Crippen LogP contribution in [-0.4, -0.2) is 23.7 Å². The molecule has 0 spiro atoms. The molecule has 5 nitrogen and oxygen atoms in total. The van der Waals surface area contributed by atoms with Crippen LogP contribution in [0.15, 0.2) is 40.9 Å². The van der Waals surface area contributed by atoms with Gasteiger partial charge in [0.15, 0.2) is 0 Å². The van der Waals surface area contributed by atoms with Gasteiger partial charge in [0.25, 0.3) is 0 Å². The monoisotopic (exact) mass is 426 g/mol. The van der Waals surface area contributed by atoms with Crippen LogP contribution in [0.2, 0.25) is 5.02 Å². The molecule has 0 bridgehead atoms. The van der Waals surface area contributed by atoms with E-state index in [9.17, 15) is 14.7 Å². The number of carbonyl (C=O) groups is 2. The number of hydrogen-bond donors (Lipinski definition) is 1. The van der Waals surface area contributed by atoms with Gasteiger partial charge in [-0.1, -0.05) is 41.4 Å². The van der Waals surface area contributed by atoms with Crippen LogP contribution in [0.25, 0.3) is 0 Å². The zero-order chi connectivity index (χ0) is 18.6. The fourth-order valence-electron chi connectivity index (χ4n) is 1.96. The van der Waals surface area contributed by atoms with Gasteiger partial charge in [-0.15, -0.1) is 0 Å². The van der Waals surface area contributed by atoms with E-state index >= 15 is 0 Å². The minimum atomic E-state index is -1.24. The molecule has 0 amide bonds. The Kier molecular flexibility index (Phi) is 6.45. The number of benzene rings is 2. The zero-order valence-electron chi connectivity index (χ0n) is 13.6. The molecule has 0 unspecified atom stereocenters. The SMILES string of the molecule is CC(C)COc1ccc(Br)cc1C(=O)Oc1ccc(Cl)cc1C(=O)O. The van der Waals surface area contributed by atoms with Gasteiger partial charge < -0.3 is 14.6 Å². The number of ether oxygens (including phenoxy) is 2. The zero-order valence-corrected chi connectivity index (χ0v) is 15.9. The van der Waals surface area contributed by atoms with Crippen LogP contribution in [0.1, 0.15) is 34.6 Å². The largest absolute Gasteiger partial charge is 0.492 e. The molecule has 0 radical (unpaired) electrons. The summed E-state index contributed by atoms with van der Waals surface area (Å²) in [7, 11) is 0. The molecule has 0 aliphatic rings. The summed E-state index contributed by atoms with van der Waals surface area (Å²) in [6.07, 6.45) is 0. The van der Waals surface area contributed by atoms with Crippen LogP contribution < -0.4 is 9.47 Å². The van der Waals surface area contributed by atoms with Gasteiger partial charge in [-0.3, -0.25) is 0 Å². The minimum Gasteiger partial charge on any atom is -0.492 e. The van der Waals surface area contributed by atoms with Gasteiger partial charge >= 0.3 is 11.9 Å². The van der Waals surface area contributed by atoms with Crippen LogP contribution in [0.5, 0.6) is 11.5 Å². The first-order chi connectivity index (χ1) is 11.8. The van der Waals surface area contributed by atoms with Gasteiger partial charge in [-0.05, 0) is 42.3 Å². The number of rotatable bonds is 6. The number of carbonyl (C=O) groups excluding carboxylic acids is 1. The summed E-state index contributed by atoms with van der Waals surface area (Å²) in [4.78, 5) is 23.9. The molecule has 2 rings (SSSR count). The first kappa shape index (κ1) is 19.3. The average molecular weight is 428 g/mol. The molecule has 2 aromatic carbocycles. The molecule has 0 aliphatic carbocycles. The predicted molar refractivity (Wildman–Crippen MR) is 97.8 cm³/mol. The number of carboxylic acids is 1. The lowest BCUT2D eigenvalue weighted by molar-refractivity contribution is 0.0680. The quantitative estimate of drug-likeness (QED) is 0.515. The summed E-state index contributed by atoms with van der Waals surface area (Å²) < 4.78 is 11.6. The van der Waals surface area contributed by atoms with Crippen molar-refractivity contribution >= 4 is 39.5 Å². The van der Waals surface area contributed by atoms with Crippen LogP contribution in [0.3, 0.4) is 0 Å². The van der Waals surface area contributed by atoms with E-state index in [0.717, 1.165) is 0 Å². The molecule has 25 heavy (non-hydrogen) atoms. The summed E-state index contributed by atoms with van der Waals surface area (Å²) >= 11 is 9.10. The van der Waals surface area contributed by atoms with E-state index < -0.39 is 11.9 Å². The standard InChI is InChI=1S/C18H16BrClO5/c1-10(2)9-24-15-5-3-11(19)7-14(15)18(23)25-16-6-4-12(20)8-13(16)17(21)22/h3-8,10H,9H2,1-2H3,(H,21,22). The summed E-state index contributed by atoms with van der Waals surface area (Å²) in [5, 5.41) is 9.47. The second-order valence-electron chi connectivity index (χ2n) is 5.68. The fourth-order valence-corrected chi connectivity index (χ4v) is 2.49. The second-order valence-corrected chi connectivity index (χ2v) is 7.03. The average Bonchev–Trinajstić information content (AvgIpc) is 2.54. The maximum Gasteiger partial charge on any atom is 0.347 e. The van der Waals surface area contributed by atoms with Crippen molar-refractivity contribution in [2.45, 2.75) is 13.8 Å². The highest BCUT2D eigenvalue weighted by molar-refractivity contribution is 9.10. The molecular formula is C18H16BrClO5. The summed E-state index contributed by atoms with van der Waals surface area (Å²) in [6.45, 7) is 4.41. The molecule has 0 aromatic heterocycles. The Morgan fingerprint density at radius 1 is 1.12 bits per heavy atom. The lowest BCUT2D eigenvalue weighted by Crippen LogP contribution is -2.14. The van der Waals surface area contributed by atoms with Crippen molar-refractivity contribution in [3.05, 3.63) is 57.0 Å². The maximum absolute atomic E-state index is 12.5. The van der Waals surface area contributed by atoms with Gasteiger partial charge in [-0.25, -0.2) is 9.59 Å². The maximum atomic E-state index is 12.5. The normalized spacial score (nSPS) is 10.6. The third-order valence-corrected chi connectivity index (χ3v) is 3.84. The second kappa shape index (κ2) is 8.36. The van der Waals surface area contributed by atoms with E-state index in [0.29, 0.717) is 16.8 Å². The smallest absolute Gasteiger partial charge is 0.347 e. The summed E-state index contributed by atoms with van der Waals surface area (Å²) in [6, 6.07) is 8.99. The Balaban J connectivity index is 2.32. The van der Waals surface area contributed by atoms with Crippen molar-refractivity contribution in [1.29, 1.82) is 0 Å². The van der Waals surface area contributed by atoms with E-state index in [1.807, 2.05) is 13.8 Å². The Morgan fingerprint density at radius 2 is 1.80 bits per heavy atom. The fraction of sp³-hybridized carbons (Fsp3) is 0.222. The molecule has 132 valence electrons. The molecular weight excluding hydrogens is 412 g/mol. The Labute approximate surface area is 158 Å². The Morgan fingerprint density at radius 3 is 2.44 bits per heavy atom. The van der Waals surface area contributed by atoms with Gasteiger partial charge in [-0.2, -0.15) is 0 Å². The molecule has 0 atom stereocenters. The van der Waals surface area contributed by atoms with Crippen molar-refractivity contribution in [2.75, 3.05) is 6.61 Å². The molecule has 0 saturated carbocycles. The van der Waals surface area contributed by atoms with Crippen LogP contribution in [0.4, 0.5) is 0 Å². The Bertz CT molecular complexity index is 804. The van der Waals surface area contributed by atoms with Crippen molar-refractivity contribution in [3.63, 3.8) is 0 Å². The van der Waals surface area contributed by atoms with Crippen molar-refractivity contribution in [3.8, 4) is 11.5 Å². The lowest BCUT2D eigenvalue weighted by atomic mass is 10.2. The highest BCUT2D eigenvalue weighted by Crippen LogP contribution is 2.28. The Hall–Kier alpha value is -2.05. The third-order valence-electron chi connectivity index (χ3n) is 3.11. The predicted octanol–water partition coefficient (Wildman–Crippen LogP) is 5.05. The number of carboxylic acid groups (broad SMARTS) is 1. The van der Waals surface area contributed by atoms with E-state index in [1.54, 1.807) is 18.2 Å². The van der Waals surface area contributed by atoms with Gasteiger partial charge in [0.2, 0.25) is 0 Å². The third kappa shape index (κ3) is 5.21. The van der Waals surface area contributed by atoms with Gasteiger partial charge in [0.1, 0.15) is 22.6 Å². The number of halogens is 2. The van der Waals surface area contributed by atoms with Crippen molar-refractivity contribution in [2.24, 2.45) is 5.92 Å². The highest BCUT2D eigenvalue weighted by atomic mass is 79.9. The first-order valence-electron chi connectivity index (χ1n) is 7.45. The first-order valence-corrected chi connectivity index (χ1v) is 8.62. The van der Waals surface area contributed by atoms with E-state index in [4.69, 9.17) is 21.1 Å². The minimum absolute atomic E-state index is 0.0864. The van der Waals surface area contributed by atoms with Crippen molar-refractivity contribution in [1.82, 2.24) is 0 Å². The molecule has 7 heteroatoms.